The molecule has 0 spiro atoms. The smallest absolute Gasteiger partial charge is 0.348 e. The Kier molecular flexibility index (Phi) is 14.4. The summed E-state index contributed by atoms with van der Waals surface area (Å²) < 4.78 is 0. The third-order valence-electron chi connectivity index (χ3n) is 7.94. The maximum absolute atomic E-state index is 13.5. The summed E-state index contributed by atoms with van der Waals surface area (Å²) in [6, 6.07) is 8.86. The molecule has 4 atom stereocenters. The molecule has 0 unspecified atom stereocenters. The van der Waals surface area contributed by atoms with E-state index in [4.69, 9.17) is 31.3 Å². The number of thiophene rings is 1. The van der Waals surface area contributed by atoms with Crippen molar-refractivity contribution < 1.29 is 45.0 Å². The van der Waals surface area contributed by atoms with Crippen molar-refractivity contribution in [2.45, 2.75) is 76.9 Å². The number of benzene rings is 1. The minimum atomic E-state index is -1.59. The Balaban J connectivity index is 0.000000426. The van der Waals surface area contributed by atoms with Crippen LogP contribution in [0.1, 0.15) is 66.6 Å². The molecule has 0 aliphatic heterocycles. The number of carboxylic acid groups (broad SMARTS) is 1. The summed E-state index contributed by atoms with van der Waals surface area (Å²) in [5.74, 6) is -0.755. The van der Waals surface area contributed by atoms with Gasteiger partial charge < -0.3 is 46.6 Å². The number of aliphatic hydroxyl groups excluding tert-OH is 5. The fourth-order valence-electron chi connectivity index (χ4n) is 5.15. The zero-order chi connectivity index (χ0) is 34.8. The first-order valence-corrected chi connectivity index (χ1v) is 17.1. The first-order chi connectivity index (χ1) is 22.3. The first-order valence-electron chi connectivity index (χ1n) is 15.3. The lowest BCUT2D eigenvalue weighted by molar-refractivity contribution is -0.123. The maximum atomic E-state index is 13.5. The predicted octanol–water partition coefficient (Wildman–Crippen LogP) is 2.77. The van der Waals surface area contributed by atoms with Crippen LogP contribution in [0, 0.1) is 11.8 Å². The van der Waals surface area contributed by atoms with Gasteiger partial charge in [-0.3, -0.25) is 9.59 Å². The number of carbonyl (C=O) groups is 3. The number of aliphatic hydroxyl groups is 5. The number of aromatic nitrogens is 1. The Morgan fingerprint density at radius 3 is 2.15 bits per heavy atom. The van der Waals surface area contributed by atoms with Gasteiger partial charge in [0.2, 0.25) is 5.91 Å². The van der Waals surface area contributed by atoms with Crippen molar-refractivity contribution in [1.29, 1.82) is 0 Å². The highest BCUT2D eigenvalue weighted by Gasteiger charge is 2.33. The molecule has 3 aromatic rings. The summed E-state index contributed by atoms with van der Waals surface area (Å²) in [7, 11) is 0. The lowest BCUT2D eigenvalue weighted by atomic mass is 9.82. The lowest BCUT2D eigenvalue weighted by Crippen LogP contribution is -2.48. The van der Waals surface area contributed by atoms with Crippen LogP contribution in [0.3, 0.4) is 0 Å². The molecule has 0 bridgehead atoms. The SMILES string of the molecule is CC(C)N(c1cc(-c2ccc(NC(=O)c3cscn3)cc2)sc1C(=O)O)C(=O)[C@H]1CC[C@H](C)CC1.NC[C@H](O)[C@@H](O)[C@H](O)[C@H](O)CO. The molecule has 1 saturated carbocycles. The number of hydrogen-bond acceptors (Lipinski definition) is 12. The van der Waals surface area contributed by atoms with Crippen molar-refractivity contribution in [1.82, 2.24) is 4.98 Å². The molecule has 2 amide bonds. The summed E-state index contributed by atoms with van der Waals surface area (Å²) >= 11 is 2.51. The summed E-state index contributed by atoms with van der Waals surface area (Å²) in [5.41, 5.74) is 8.84. The largest absolute Gasteiger partial charge is 0.477 e. The van der Waals surface area contributed by atoms with Crippen LogP contribution >= 0.6 is 22.7 Å². The van der Waals surface area contributed by atoms with Gasteiger partial charge in [0, 0.05) is 34.4 Å². The van der Waals surface area contributed by atoms with Crippen molar-refractivity contribution >= 4 is 51.8 Å². The molecule has 1 aromatic carbocycles. The summed E-state index contributed by atoms with van der Waals surface area (Å²) in [6.45, 7) is 5.15. The van der Waals surface area contributed by atoms with Crippen LogP contribution in [0.15, 0.2) is 41.2 Å². The molecular formula is C32H44N4O9S2. The number of nitrogens with one attached hydrogen (secondary N) is 1. The fourth-order valence-corrected chi connectivity index (χ4v) is 6.68. The van der Waals surface area contributed by atoms with Crippen LogP contribution in [0.2, 0.25) is 0 Å². The number of nitrogens with zero attached hydrogens (tertiary/aromatic N) is 2. The molecule has 0 radical (unpaired) electrons. The first kappa shape index (κ1) is 38.2. The third-order valence-corrected chi connectivity index (χ3v) is 9.69. The van der Waals surface area contributed by atoms with E-state index < -0.39 is 37.0 Å². The number of anilines is 2. The van der Waals surface area contributed by atoms with Crippen LogP contribution in [-0.2, 0) is 4.79 Å². The topological polar surface area (TPSA) is 227 Å². The van der Waals surface area contributed by atoms with E-state index in [9.17, 15) is 19.5 Å². The average Bonchev–Trinajstić information content (AvgIpc) is 3.76. The highest BCUT2D eigenvalue weighted by molar-refractivity contribution is 7.18. The molecule has 1 aliphatic rings. The highest BCUT2D eigenvalue weighted by Crippen LogP contribution is 2.40. The normalized spacial score (nSPS) is 18.8. The molecule has 15 heteroatoms. The molecule has 2 aromatic heterocycles. The molecule has 9 N–H and O–H groups in total. The van der Waals surface area contributed by atoms with Gasteiger partial charge in [0.25, 0.3) is 5.91 Å². The van der Waals surface area contributed by atoms with Gasteiger partial charge in [-0.15, -0.1) is 22.7 Å². The molecule has 13 nitrogen and oxygen atoms in total. The summed E-state index contributed by atoms with van der Waals surface area (Å²) in [6.07, 6.45) is -2.18. The van der Waals surface area contributed by atoms with E-state index in [-0.39, 0.29) is 35.2 Å². The Hall–Kier alpha value is -3.28. The van der Waals surface area contributed by atoms with Crippen molar-refractivity contribution in [3.05, 3.63) is 51.8 Å². The van der Waals surface area contributed by atoms with Gasteiger partial charge >= 0.3 is 5.97 Å². The zero-order valence-electron chi connectivity index (χ0n) is 26.5. The lowest BCUT2D eigenvalue weighted by Gasteiger charge is -2.33. The highest BCUT2D eigenvalue weighted by atomic mass is 32.1. The van der Waals surface area contributed by atoms with Gasteiger partial charge in [0.1, 0.15) is 28.9 Å². The second kappa shape index (κ2) is 17.8. The Morgan fingerprint density at radius 2 is 1.64 bits per heavy atom. The summed E-state index contributed by atoms with van der Waals surface area (Å²) in [4.78, 5) is 44.5. The minimum Gasteiger partial charge on any atom is -0.477 e. The van der Waals surface area contributed by atoms with Gasteiger partial charge in [0.15, 0.2) is 0 Å². The van der Waals surface area contributed by atoms with Crippen LogP contribution in [0.25, 0.3) is 10.4 Å². The molecule has 0 saturated heterocycles. The zero-order valence-corrected chi connectivity index (χ0v) is 28.2. The van der Waals surface area contributed by atoms with Crippen LogP contribution in [-0.4, -0.2) is 97.0 Å². The second-order valence-corrected chi connectivity index (χ2v) is 13.6. The molecule has 1 aliphatic carbocycles. The van der Waals surface area contributed by atoms with E-state index in [1.807, 2.05) is 26.0 Å². The van der Waals surface area contributed by atoms with Gasteiger partial charge in [0.05, 0.1) is 23.9 Å². The van der Waals surface area contributed by atoms with E-state index in [2.05, 4.69) is 17.2 Å². The fraction of sp³-hybridized carbons (Fsp3) is 0.500. The van der Waals surface area contributed by atoms with E-state index >= 15 is 0 Å². The predicted molar refractivity (Wildman–Crippen MR) is 181 cm³/mol. The molecular weight excluding hydrogens is 649 g/mol. The molecule has 4 rings (SSSR count). The van der Waals surface area contributed by atoms with Crippen LogP contribution < -0.4 is 16.0 Å². The van der Waals surface area contributed by atoms with E-state index in [0.717, 1.165) is 47.5 Å². The van der Waals surface area contributed by atoms with E-state index in [0.29, 0.717) is 23.0 Å². The molecule has 47 heavy (non-hydrogen) atoms. The van der Waals surface area contributed by atoms with Crippen molar-refractivity contribution in [3.8, 4) is 10.4 Å². The molecule has 2 heterocycles. The Morgan fingerprint density at radius 1 is 1.02 bits per heavy atom. The number of aromatic carboxylic acids is 1. The maximum Gasteiger partial charge on any atom is 0.348 e. The number of amides is 2. The number of carboxylic acids is 1. The van der Waals surface area contributed by atoms with Gasteiger partial charge in [-0.1, -0.05) is 19.1 Å². The standard InChI is InChI=1S/C26H29N3O4S2.C6H15NO5/c1-15(2)29(25(31)18-6-4-16(3)5-7-18)21-12-22(35-23(21)26(32)33)17-8-10-19(11-9-17)28-24(30)20-13-34-14-27-20;7-1-3(9)5(11)6(12)4(10)2-8/h8-16,18H,4-7H2,1-3H3,(H,28,30)(H,32,33);3-6,8-12H,1-2,7H2/t16-,18-;3-,4+,5+,6+/m.0/s1. The Bertz CT molecular complexity index is 1430. The van der Waals surface area contributed by atoms with Gasteiger partial charge in [-0.05, 0) is 69.2 Å². The number of rotatable bonds is 12. The number of carbonyl (C=O) groups excluding carboxylic acids is 2. The number of hydrogen-bond donors (Lipinski definition) is 8. The number of nitrogens with two attached hydrogens (primary N) is 1. The molecule has 258 valence electrons. The average molecular weight is 693 g/mol. The quantitative estimate of drug-likeness (QED) is 0.138. The van der Waals surface area contributed by atoms with Gasteiger partial charge in [-0.25, -0.2) is 9.78 Å². The van der Waals surface area contributed by atoms with Crippen LogP contribution in [0.4, 0.5) is 11.4 Å². The van der Waals surface area contributed by atoms with E-state index in [1.54, 1.807) is 34.0 Å². The van der Waals surface area contributed by atoms with Crippen molar-refractivity contribution in [2.24, 2.45) is 17.6 Å². The van der Waals surface area contributed by atoms with E-state index in [1.165, 1.54) is 11.3 Å². The van der Waals surface area contributed by atoms with Gasteiger partial charge in [-0.2, -0.15) is 0 Å². The van der Waals surface area contributed by atoms with Crippen LogP contribution in [0.5, 0.6) is 0 Å². The molecule has 1 fully saturated rings. The third kappa shape index (κ3) is 10.1. The summed E-state index contributed by atoms with van der Waals surface area (Å²) in [5, 5.41) is 58.6. The Labute approximate surface area is 281 Å². The van der Waals surface area contributed by atoms with Crippen molar-refractivity contribution in [2.75, 3.05) is 23.4 Å². The van der Waals surface area contributed by atoms with Crippen molar-refractivity contribution in [3.63, 3.8) is 0 Å². The number of thiazole rings is 1. The monoisotopic (exact) mass is 692 g/mol. The minimum absolute atomic E-state index is 0.0128. The second-order valence-electron chi connectivity index (χ2n) is 11.8.